The fraction of sp³-hybridized carbons (Fsp3) is 0.500. The molecule has 0 aromatic heterocycles. The van der Waals surface area contributed by atoms with E-state index < -0.39 is 0 Å². The minimum Gasteiger partial charge on any atom is -0.463 e. The van der Waals surface area contributed by atoms with Gasteiger partial charge in [0.25, 0.3) is 0 Å². The van der Waals surface area contributed by atoms with Crippen molar-refractivity contribution in [1.82, 2.24) is 0 Å². The zero-order valence-corrected chi connectivity index (χ0v) is 9.77. The number of esters is 2. The van der Waals surface area contributed by atoms with Gasteiger partial charge in [0.1, 0.15) is 0 Å². The van der Waals surface area contributed by atoms with Crippen LogP contribution in [0.1, 0.15) is 26.7 Å². The Labute approximate surface area is 95.9 Å². The zero-order chi connectivity index (χ0) is 12.2. The molecule has 16 heavy (non-hydrogen) atoms. The van der Waals surface area contributed by atoms with Crippen LogP contribution in [0.4, 0.5) is 0 Å². The third-order valence-electron chi connectivity index (χ3n) is 1.58. The molecule has 90 valence electrons. The molecule has 0 heterocycles. The molecule has 0 fully saturated rings. The summed E-state index contributed by atoms with van der Waals surface area (Å²) in [6.45, 7) is 4.28. The summed E-state index contributed by atoms with van der Waals surface area (Å²) in [6.07, 6.45) is 7.59. The van der Waals surface area contributed by atoms with Gasteiger partial charge in [-0.3, -0.25) is 0 Å². The topological polar surface area (TPSA) is 52.6 Å². The van der Waals surface area contributed by atoms with Gasteiger partial charge in [0.15, 0.2) is 0 Å². The first-order valence-corrected chi connectivity index (χ1v) is 5.37. The van der Waals surface area contributed by atoms with Gasteiger partial charge in [0.05, 0.1) is 13.2 Å². The highest BCUT2D eigenvalue weighted by molar-refractivity contribution is 5.82. The van der Waals surface area contributed by atoms with Crippen LogP contribution < -0.4 is 0 Å². The highest BCUT2D eigenvalue weighted by atomic mass is 16.5. The van der Waals surface area contributed by atoms with E-state index in [2.05, 4.69) is 0 Å². The minimum absolute atomic E-state index is 0.336. The molecule has 0 aromatic rings. The maximum atomic E-state index is 10.9. The molecule has 0 aliphatic heterocycles. The highest BCUT2D eigenvalue weighted by Crippen LogP contribution is 1.94. The summed E-state index contributed by atoms with van der Waals surface area (Å²) < 4.78 is 9.40. The van der Waals surface area contributed by atoms with E-state index in [9.17, 15) is 9.59 Å². The van der Waals surface area contributed by atoms with E-state index in [-0.39, 0.29) is 11.9 Å². The van der Waals surface area contributed by atoms with Crippen LogP contribution in [0.25, 0.3) is 0 Å². The number of rotatable bonds is 7. The second kappa shape index (κ2) is 9.96. The lowest BCUT2D eigenvalue weighted by Gasteiger charge is -1.94. The Bertz CT molecular complexity index is 238. The van der Waals surface area contributed by atoms with Crippen LogP contribution in [0.15, 0.2) is 24.3 Å². The van der Waals surface area contributed by atoms with Gasteiger partial charge >= 0.3 is 11.9 Å². The number of unbranched alkanes of at least 4 members (excludes halogenated alkanes) is 1. The molecule has 4 nitrogen and oxygen atoms in total. The largest absolute Gasteiger partial charge is 0.463 e. The first-order valence-electron chi connectivity index (χ1n) is 5.37. The molecular weight excluding hydrogens is 208 g/mol. The summed E-state index contributed by atoms with van der Waals surface area (Å²) in [5.74, 6) is -0.672. The zero-order valence-electron chi connectivity index (χ0n) is 9.77. The van der Waals surface area contributed by atoms with Crippen LogP contribution in [-0.2, 0) is 19.1 Å². The smallest absolute Gasteiger partial charge is 0.330 e. The Balaban J connectivity index is 3.59. The van der Waals surface area contributed by atoms with Gasteiger partial charge in [-0.25, -0.2) is 9.59 Å². The van der Waals surface area contributed by atoms with Gasteiger partial charge in [-0.05, 0) is 26.7 Å². The van der Waals surface area contributed by atoms with Crippen LogP contribution in [0, 0.1) is 0 Å². The van der Waals surface area contributed by atoms with Gasteiger partial charge in [-0.1, -0.05) is 12.2 Å². The number of hydrogen-bond acceptors (Lipinski definition) is 4. The van der Waals surface area contributed by atoms with Crippen LogP contribution in [0.5, 0.6) is 0 Å². The number of ether oxygens (including phenoxy) is 2. The summed E-state index contributed by atoms with van der Waals surface area (Å²) in [6, 6.07) is 0. The van der Waals surface area contributed by atoms with Crippen molar-refractivity contribution in [3.63, 3.8) is 0 Å². The Kier molecular flexibility index (Phi) is 8.97. The molecule has 0 N–H and O–H groups in total. The molecule has 0 radical (unpaired) electrons. The first kappa shape index (κ1) is 14.4. The Morgan fingerprint density at radius 1 is 0.875 bits per heavy atom. The molecule has 0 atom stereocenters. The lowest BCUT2D eigenvalue weighted by molar-refractivity contribution is -0.138. The fourth-order valence-electron chi connectivity index (χ4n) is 0.932. The van der Waals surface area contributed by atoms with Crippen molar-refractivity contribution < 1.29 is 19.1 Å². The van der Waals surface area contributed by atoms with Crippen LogP contribution >= 0.6 is 0 Å². The molecule has 4 heteroatoms. The van der Waals surface area contributed by atoms with Crippen LogP contribution in [0.3, 0.4) is 0 Å². The lowest BCUT2D eigenvalue weighted by atomic mass is 10.2. The maximum absolute atomic E-state index is 10.9. The van der Waals surface area contributed by atoms with Crippen molar-refractivity contribution in [1.29, 1.82) is 0 Å². The number of carbonyl (C=O) groups excluding carboxylic acids is 2. The maximum Gasteiger partial charge on any atom is 0.330 e. The van der Waals surface area contributed by atoms with E-state index in [0.29, 0.717) is 26.1 Å². The molecule has 0 saturated carbocycles. The third-order valence-corrected chi connectivity index (χ3v) is 1.58. The molecular formula is C12H18O4. The lowest BCUT2D eigenvalue weighted by Crippen LogP contribution is -1.99. The average molecular weight is 226 g/mol. The Morgan fingerprint density at radius 3 is 1.56 bits per heavy atom. The highest BCUT2D eigenvalue weighted by Gasteiger charge is 1.93. The van der Waals surface area contributed by atoms with Crippen molar-refractivity contribution >= 4 is 11.9 Å². The van der Waals surface area contributed by atoms with E-state index in [1.807, 2.05) is 0 Å². The normalized spacial score (nSPS) is 10.9. The predicted octanol–water partition coefficient (Wildman–Crippen LogP) is 2.01. The van der Waals surface area contributed by atoms with Crippen LogP contribution in [-0.4, -0.2) is 25.2 Å². The summed E-state index contributed by atoms with van der Waals surface area (Å²) in [5.41, 5.74) is 0. The molecule has 0 amide bonds. The van der Waals surface area contributed by atoms with Gasteiger partial charge in [0, 0.05) is 12.2 Å². The Morgan fingerprint density at radius 2 is 1.25 bits per heavy atom. The summed E-state index contributed by atoms with van der Waals surface area (Å²) in [4.78, 5) is 21.7. The van der Waals surface area contributed by atoms with Gasteiger partial charge in [-0.2, -0.15) is 0 Å². The van der Waals surface area contributed by atoms with Crippen LogP contribution in [0.2, 0.25) is 0 Å². The van der Waals surface area contributed by atoms with Crippen molar-refractivity contribution in [3.05, 3.63) is 24.3 Å². The molecule has 0 rings (SSSR count). The van der Waals surface area contributed by atoms with Crippen molar-refractivity contribution in [2.45, 2.75) is 26.7 Å². The van der Waals surface area contributed by atoms with Gasteiger partial charge in [0.2, 0.25) is 0 Å². The second-order valence-electron chi connectivity index (χ2n) is 2.89. The molecule has 0 spiro atoms. The number of hydrogen-bond donors (Lipinski definition) is 0. The summed E-state index contributed by atoms with van der Waals surface area (Å²) in [5, 5.41) is 0. The fourth-order valence-corrected chi connectivity index (χ4v) is 0.932. The average Bonchev–Trinajstić information content (AvgIpc) is 2.24. The minimum atomic E-state index is -0.336. The molecule has 0 aliphatic carbocycles. The predicted molar refractivity (Wildman–Crippen MR) is 60.8 cm³/mol. The SMILES string of the molecule is CCOC(=O)/C=C\CC/C=C/C(=O)OCC. The second-order valence-corrected chi connectivity index (χ2v) is 2.89. The molecule has 0 bridgehead atoms. The van der Waals surface area contributed by atoms with E-state index in [0.717, 1.165) is 0 Å². The van der Waals surface area contributed by atoms with E-state index in [1.165, 1.54) is 12.2 Å². The van der Waals surface area contributed by atoms with Crippen molar-refractivity contribution in [3.8, 4) is 0 Å². The number of carbonyl (C=O) groups is 2. The quantitative estimate of drug-likeness (QED) is 0.378. The molecule has 0 aromatic carbocycles. The first-order chi connectivity index (χ1) is 7.70. The third kappa shape index (κ3) is 8.99. The molecule has 0 unspecified atom stereocenters. The van der Waals surface area contributed by atoms with E-state index in [1.54, 1.807) is 26.0 Å². The molecule has 0 aliphatic rings. The van der Waals surface area contributed by atoms with E-state index >= 15 is 0 Å². The number of allylic oxidation sites excluding steroid dienone is 2. The van der Waals surface area contributed by atoms with Crippen molar-refractivity contribution in [2.75, 3.05) is 13.2 Å². The van der Waals surface area contributed by atoms with Gasteiger partial charge in [-0.15, -0.1) is 0 Å². The Hall–Kier alpha value is -1.58. The summed E-state index contributed by atoms with van der Waals surface area (Å²) in [7, 11) is 0. The van der Waals surface area contributed by atoms with Gasteiger partial charge < -0.3 is 9.47 Å². The summed E-state index contributed by atoms with van der Waals surface area (Å²) >= 11 is 0. The van der Waals surface area contributed by atoms with E-state index in [4.69, 9.17) is 9.47 Å². The standard InChI is InChI=1S/C12H18O4/c1-3-15-11(13)9-7-5-6-8-10-12(14)16-4-2/h7-10H,3-6H2,1-2H3/b9-7-,10-8+. The van der Waals surface area contributed by atoms with Crippen molar-refractivity contribution in [2.24, 2.45) is 0 Å². The molecule has 0 saturated heterocycles. The monoisotopic (exact) mass is 226 g/mol.